The first-order chi connectivity index (χ1) is 12.0. The van der Waals surface area contributed by atoms with Gasteiger partial charge in [-0.15, -0.1) is 0 Å². The quantitative estimate of drug-likeness (QED) is 0.389. The van der Waals surface area contributed by atoms with Crippen molar-refractivity contribution in [2.24, 2.45) is 0 Å². The summed E-state index contributed by atoms with van der Waals surface area (Å²) in [5.41, 5.74) is 0.496. The van der Waals surface area contributed by atoms with E-state index in [1.807, 2.05) is 24.3 Å². The van der Waals surface area contributed by atoms with Crippen molar-refractivity contribution in [2.45, 2.75) is 37.5 Å². The predicted octanol–water partition coefficient (Wildman–Crippen LogP) is 2.54. The van der Waals surface area contributed by atoms with Crippen molar-refractivity contribution >= 4 is 22.7 Å². The molecule has 0 bridgehead atoms. The second-order valence-corrected chi connectivity index (χ2v) is 6.36. The van der Waals surface area contributed by atoms with Gasteiger partial charge in [0.2, 0.25) is 6.54 Å². The minimum absolute atomic E-state index is 0.151. The smallest absolute Gasteiger partial charge is 0.325 e. The minimum atomic E-state index is -1.39. The molecule has 1 aromatic carbocycles. The van der Waals surface area contributed by atoms with Crippen LogP contribution in [0, 0.1) is 10.1 Å². The van der Waals surface area contributed by atoms with Gasteiger partial charge >= 0.3 is 5.97 Å². The van der Waals surface area contributed by atoms with Crippen LogP contribution in [0.25, 0.3) is 10.9 Å². The van der Waals surface area contributed by atoms with Crippen LogP contribution in [0.3, 0.4) is 0 Å². The molecule has 1 aliphatic rings. The molecule has 25 heavy (non-hydrogen) atoms. The lowest BCUT2D eigenvalue weighted by molar-refractivity contribution is -0.479. The highest BCUT2D eigenvalue weighted by atomic mass is 16.6. The molecule has 2 aromatic rings. The Balaban J connectivity index is 2.23. The van der Waals surface area contributed by atoms with E-state index in [-0.39, 0.29) is 23.7 Å². The van der Waals surface area contributed by atoms with Gasteiger partial charge < -0.3 is 9.72 Å². The van der Waals surface area contributed by atoms with E-state index >= 15 is 0 Å². The first-order valence-electron chi connectivity index (χ1n) is 8.34. The van der Waals surface area contributed by atoms with Crippen molar-refractivity contribution < 1.29 is 19.2 Å². The third-order valence-electron chi connectivity index (χ3n) is 5.00. The van der Waals surface area contributed by atoms with Crippen molar-refractivity contribution in [3.05, 3.63) is 45.6 Å². The summed E-state index contributed by atoms with van der Waals surface area (Å²) in [7, 11) is 1.27. The number of H-pyrrole nitrogens is 1. The zero-order valence-electron chi connectivity index (χ0n) is 14.0. The maximum atomic E-state index is 12.8. The normalized spacial score (nSPS) is 20.6. The summed E-state index contributed by atoms with van der Waals surface area (Å²) in [6.45, 7) is -0.264. The Kier molecular flexibility index (Phi) is 4.57. The van der Waals surface area contributed by atoms with E-state index in [1.54, 1.807) is 0 Å². The number of hydrogen-bond acceptors (Lipinski definition) is 5. The fourth-order valence-corrected chi connectivity index (χ4v) is 3.81. The lowest BCUT2D eigenvalue weighted by Gasteiger charge is -2.33. The van der Waals surface area contributed by atoms with E-state index in [0.717, 1.165) is 23.7 Å². The first kappa shape index (κ1) is 17.1. The Hall–Kier alpha value is -2.70. The molecule has 1 heterocycles. The Morgan fingerprint density at radius 3 is 2.80 bits per heavy atom. The number of carbonyl (C=O) groups is 2. The Morgan fingerprint density at radius 2 is 2.12 bits per heavy atom. The lowest BCUT2D eigenvalue weighted by Crippen LogP contribution is -2.47. The van der Waals surface area contributed by atoms with Gasteiger partial charge in [0.15, 0.2) is 11.2 Å². The van der Waals surface area contributed by atoms with Gasteiger partial charge in [0.1, 0.15) is 0 Å². The zero-order chi connectivity index (χ0) is 18.0. The number of ketones is 1. The van der Waals surface area contributed by atoms with Crippen LogP contribution in [-0.4, -0.2) is 35.3 Å². The van der Waals surface area contributed by atoms with E-state index in [4.69, 9.17) is 4.74 Å². The van der Waals surface area contributed by atoms with Crippen LogP contribution in [0.4, 0.5) is 0 Å². The summed E-state index contributed by atoms with van der Waals surface area (Å²) in [5, 5.41) is 11.7. The van der Waals surface area contributed by atoms with Crippen molar-refractivity contribution in [2.75, 3.05) is 13.7 Å². The van der Waals surface area contributed by atoms with E-state index in [9.17, 15) is 19.7 Å². The van der Waals surface area contributed by atoms with Gasteiger partial charge in [-0.05, 0) is 24.5 Å². The largest absolute Gasteiger partial charge is 0.468 e. The standard InChI is InChI=1S/C18H20N2O5/c1-25-17(22)18(10-5-4-8-15(18)21)16-13(9-11-20(23)24)12-6-2-3-7-14(12)19-16/h2-3,6-7,19H,4-5,8-11H2,1H3. The molecule has 3 rings (SSSR count). The van der Waals surface area contributed by atoms with Crippen LogP contribution < -0.4 is 0 Å². The molecular weight excluding hydrogens is 324 g/mol. The van der Waals surface area contributed by atoms with Gasteiger partial charge in [-0.1, -0.05) is 24.6 Å². The van der Waals surface area contributed by atoms with Crippen LogP contribution in [-0.2, 0) is 26.2 Å². The molecule has 0 saturated heterocycles. The number of ether oxygens (including phenoxy) is 1. The topological polar surface area (TPSA) is 102 Å². The van der Waals surface area contributed by atoms with Crippen molar-refractivity contribution in [1.82, 2.24) is 4.98 Å². The maximum Gasteiger partial charge on any atom is 0.325 e. The van der Waals surface area contributed by atoms with Crippen LogP contribution in [0.5, 0.6) is 0 Å². The molecule has 0 radical (unpaired) electrons. The molecule has 1 aliphatic carbocycles. The molecule has 0 aliphatic heterocycles. The summed E-state index contributed by atoms with van der Waals surface area (Å²) in [6.07, 6.45) is 2.28. The zero-order valence-corrected chi connectivity index (χ0v) is 14.0. The average Bonchev–Trinajstić information content (AvgIpc) is 2.98. The molecule has 0 amide bonds. The molecule has 1 aromatic heterocycles. The number of nitrogens with one attached hydrogen (secondary N) is 1. The molecule has 1 fully saturated rings. The molecule has 1 atom stereocenters. The number of hydrogen-bond donors (Lipinski definition) is 1. The Labute approximate surface area is 144 Å². The number of para-hydroxylation sites is 1. The second kappa shape index (κ2) is 6.66. The summed E-state index contributed by atoms with van der Waals surface area (Å²) in [4.78, 5) is 39.2. The van der Waals surface area contributed by atoms with Gasteiger partial charge in [0, 0.05) is 34.4 Å². The fourth-order valence-electron chi connectivity index (χ4n) is 3.81. The molecular formula is C18H20N2O5. The Morgan fingerprint density at radius 1 is 1.36 bits per heavy atom. The number of Topliss-reactive ketones (excluding diaryl/α,β-unsaturated/α-hetero) is 1. The number of carbonyl (C=O) groups excluding carboxylic acids is 2. The maximum absolute atomic E-state index is 12.8. The molecule has 1 unspecified atom stereocenters. The minimum Gasteiger partial charge on any atom is -0.468 e. The van der Waals surface area contributed by atoms with Crippen molar-refractivity contribution in [3.63, 3.8) is 0 Å². The number of nitrogens with zero attached hydrogens (tertiary/aromatic N) is 1. The van der Waals surface area contributed by atoms with Crippen LogP contribution >= 0.6 is 0 Å². The predicted molar refractivity (Wildman–Crippen MR) is 91.0 cm³/mol. The number of aromatic amines is 1. The monoisotopic (exact) mass is 344 g/mol. The first-order valence-corrected chi connectivity index (χ1v) is 8.34. The van der Waals surface area contributed by atoms with Gasteiger partial charge in [-0.25, -0.2) is 0 Å². The highest BCUT2D eigenvalue weighted by Gasteiger charge is 2.51. The van der Waals surface area contributed by atoms with Crippen molar-refractivity contribution in [1.29, 1.82) is 0 Å². The molecule has 132 valence electrons. The van der Waals surface area contributed by atoms with E-state index in [1.165, 1.54) is 7.11 Å². The van der Waals surface area contributed by atoms with Gasteiger partial charge in [0.25, 0.3) is 0 Å². The Bertz CT molecular complexity index is 831. The summed E-state index contributed by atoms with van der Waals surface area (Å²) in [6, 6.07) is 7.37. The molecule has 7 nitrogen and oxygen atoms in total. The van der Waals surface area contributed by atoms with E-state index in [2.05, 4.69) is 4.98 Å². The number of benzene rings is 1. The SMILES string of the molecule is COC(=O)C1(c2[nH]c3ccccc3c2CC[N+](=O)[O-])CCCCC1=O. The van der Waals surface area contributed by atoms with Crippen LogP contribution in [0.1, 0.15) is 36.9 Å². The van der Waals surface area contributed by atoms with Crippen LogP contribution in [0.2, 0.25) is 0 Å². The molecule has 1 saturated carbocycles. The average molecular weight is 344 g/mol. The molecule has 1 N–H and O–H groups in total. The number of methoxy groups -OCH3 is 1. The third-order valence-corrected chi connectivity index (χ3v) is 5.00. The third kappa shape index (κ3) is 2.79. The van der Waals surface area contributed by atoms with E-state index < -0.39 is 11.4 Å². The van der Waals surface area contributed by atoms with Gasteiger partial charge in [0.05, 0.1) is 7.11 Å². The number of nitro groups is 1. The molecule has 7 heteroatoms. The number of fused-ring (bicyclic) bond motifs is 1. The summed E-state index contributed by atoms with van der Waals surface area (Å²) in [5.74, 6) is -0.773. The lowest BCUT2D eigenvalue weighted by atomic mass is 9.69. The van der Waals surface area contributed by atoms with Crippen molar-refractivity contribution in [3.8, 4) is 0 Å². The number of rotatable bonds is 5. The van der Waals surface area contributed by atoms with Crippen LogP contribution in [0.15, 0.2) is 24.3 Å². The number of esters is 1. The number of aromatic nitrogens is 1. The van der Waals surface area contributed by atoms with E-state index in [0.29, 0.717) is 24.1 Å². The summed E-state index contributed by atoms with van der Waals surface area (Å²) < 4.78 is 4.98. The summed E-state index contributed by atoms with van der Waals surface area (Å²) >= 11 is 0. The molecule has 0 spiro atoms. The van der Waals surface area contributed by atoms with Gasteiger partial charge in [-0.2, -0.15) is 0 Å². The van der Waals surface area contributed by atoms with Gasteiger partial charge in [-0.3, -0.25) is 19.7 Å². The fraction of sp³-hybridized carbons (Fsp3) is 0.444. The highest BCUT2D eigenvalue weighted by Crippen LogP contribution is 2.41. The highest BCUT2D eigenvalue weighted by molar-refractivity contribution is 6.11. The second-order valence-electron chi connectivity index (χ2n) is 6.36.